The van der Waals surface area contributed by atoms with Crippen molar-refractivity contribution in [1.82, 2.24) is 0 Å². The number of hydrogen-bond donors (Lipinski definition) is 4. The van der Waals surface area contributed by atoms with Crippen LogP contribution in [0, 0.1) is 6.92 Å². The molecular weight excluding hydrogens is 321 g/mol. The van der Waals surface area contributed by atoms with Gasteiger partial charge in [-0.3, -0.25) is 0 Å². The predicted octanol–water partition coefficient (Wildman–Crippen LogP) is 0.525. The molecule has 0 saturated heterocycles. The average molecular weight is 342 g/mol. The van der Waals surface area contributed by atoms with Gasteiger partial charge in [0.25, 0.3) is 0 Å². The summed E-state index contributed by atoms with van der Waals surface area (Å²) >= 11 is 0. The number of aliphatic hydroxyl groups excluding tert-OH is 3. The van der Waals surface area contributed by atoms with Gasteiger partial charge in [-0.2, -0.15) is 12.1 Å². The Morgan fingerprint density at radius 1 is 1.05 bits per heavy atom. The van der Waals surface area contributed by atoms with Crippen LogP contribution in [0.2, 0.25) is 0 Å². The molecule has 0 bridgehead atoms. The summed E-state index contributed by atoms with van der Waals surface area (Å²) in [5.74, 6) is 0. The molecule has 0 saturated carbocycles. The number of aryl methyl sites for hydroxylation is 1. The van der Waals surface area contributed by atoms with Crippen LogP contribution in [0.3, 0.4) is 0 Å². The third kappa shape index (κ3) is 5.21. The second-order valence-electron chi connectivity index (χ2n) is 4.44. The van der Waals surface area contributed by atoms with Crippen LogP contribution in [0.1, 0.15) is 5.56 Å². The van der Waals surface area contributed by atoms with E-state index in [0.717, 1.165) is 0 Å². The number of fused-ring (bicyclic) bond motifs is 1. The Hall–Kier alpha value is -0.447. The van der Waals surface area contributed by atoms with Crippen LogP contribution < -0.4 is 5.73 Å². The minimum Gasteiger partial charge on any atom is -0.394 e. The van der Waals surface area contributed by atoms with E-state index in [1.54, 1.807) is 0 Å². The molecule has 2 aromatic rings. The summed E-state index contributed by atoms with van der Waals surface area (Å²) in [5, 5.41) is 27.7. The smallest absolute Gasteiger partial charge is 0.0856 e. The van der Waals surface area contributed by atoms with Crippen molar-refractivity contribution in [2.75, 3.05) is 19.8 Å². The Morgan fingerprint density at radius 3 is 2.00 bits per heavy atom. The van der Waals surface area contributed by atoms with Crippen molar-refractivity contribution in [2.45, 2.75) is 12.5 Å². The first kappa shape index (κ1) is 18.6. The molecule has 104 valence electrons. The maximum atomic E-state index is 8.34. The zero-order valence-electron chi connectivity index (χ0n) is 11.0. The molecule has 5 N–H and O–H groups in total. The second-order valence-corrected chi connectivity index (χ2v) is 4.44. The fourth-order valence-electron chi connectivity index (χ4n) is 1.46. The molecule has 0 unspecified atom stereocenters. The predicted molar refractivity (Wildman–Crippen MR) is 72.5 cm³/mol. The zero-order chi connectivity index (χ0) is 13.6. The van der Waals surface area contributed by atoms with E-state index in [-0.39, 0.29) is 26.2 Å². The van der Waals surface area contributed by atoms with E-state index in [9.17, 15) is 0 Å². The third-order valence-electron chi connectivity index (χ3n) is 2.84. The van der Waals surface area contributed by atoms with Crippen LogP contribution in [0.25, 0.3) is 10.8 Å². The minimum absolute atomic E-state index is 0. The normalized spacial score (nSPS) is 10.6. The Balaban J connectivity index is 0.000000335. The number of rotatable bonds is 3. The van der Waals surface area contributed by atoms with E-state index in [1.807, 2.05) is 0 Å². The van der Waals surface area contributed by atoms with Gasteiger partial charge in [0, 0.05) is 26.2 Å². The van der Waals surface area contributed by atoms with Gasteiger partial charge in [-0.05, 0) is 0 Å². The van der Waals surface area contributed by atoms with Crippen LogP contribution in [0.15, 0.2) is 36.4 Å². The van der Waals surface area contributed by atoms with E-state index in [0.29, 0.717) is 0 Å². The largest absolute Gasteiger partial charge is 0.394 e. The molecule has 0 heterocycles. The molecule has 5 heteroatoms. The maximum absolute atomic E-state index is 8.34. The van der Waals surface area contributed by atoms with Gasteiger partial charge in [0.1, 0.15) is 0 Å². The molecule has 4 nitrogen and oxygen atoms in total. The second kappa shape index (κ2) is 8.67. The number of benzene rings is 1. The molecule has 0 spiro atoms. The standard InChI is InChI=1S/C10H9.C4H11NO3.Zr/c1-8-6-7-9-4-2-3-5-10(8)9;5-4(1-6,2-7)3-8;/h2-7H,1H3;6-8H,1-3,5H2;/q-1;;. The first-order chi connectivity index (χ1) is 8.56. The molecule has 0 fully saturated rings. The van der Waals surface area contributed by atoms with Gasteiger partial charge in [0.15, 0.2) is 0 Å². The molecule has 2 aromatic carbocycles. The topological polar surface area (TPSA) is 86.7 Å². The van der Waals surface area contributed by atoms with Crippen LogP contribution >= 0.6 is 0 Å². The van der Waals surface area contributed by atoms with Crippen molar-refractivity contribution in [2.24, 2.45) is 5.73 Å². The summed E-state index contributed by atoms with van der Waals surface area (Å²) in [6.07, 6.45) is 0. The van der Waals surface area contributed by atoms with Gasteiger partial charge in [0.05, 0.1) is 25.4 Å². The minimum atomic E-state index is -1.21. The van der Waals surface area contributed by atoms with E-state index in [2.05, 4.69) is 43.3 Å². The average Bonchev–Trinajstić information content (AvgIpc) is 2.81. The van der Waals surface area contributed by atoms with Crippen molar-refractivity contribution < 1.29 is 41.5 Å². The van der Waals surface area contributed by atoms with Gasteiger partial charge in [-0.25, -0.2) is 0 Å². The number of nitrogens with two attached hydrogens (primary N) is 1. The first-order valence-electron chi connectivity index (χ1n) is 5.79. The summed E-state index contributed by atoms with van der Waals surface area (Å²) in [5.41, 5.74) is 5.31. The molecule has 0 amide bonds. The van der Waals surface area contributed by atoms with Crippen molar-refractivity contribution in [1.29, 1.82) is 0 Å². The Labute approximate surface area is 132 Å². The summed E-state index contributed by atoms with van der Waals surface area (Å²) in [6.45, 7) is 0.933. The van der Waals surface area contributed by atoms with E-state index in [1.165, 1.54) is 16.3 Å². The monoisotopic (exact) mass is 340 g/mol. The maximum Gasteiger partial charge on any atom is 0.0856 e. The van der Waals surface area contributed by atoms with Gasteiger partial charge in [0.2, 0.25) is 0 Å². The SMILES string of the molecule is C[c-]1ccc2ccccc21.NC(CO)(CO)CO.[Zr]. The van der Waals surface area contributed by atoms with E-state index in [4.69, 9.17) is 21.1 Å². The van der Waals surface area contributed by atoms with Crippen molar-refractivity contribution in [3.05, 3.63) is 42.0 Å². The van der Waals surface area contributed by atoms with E-state index >= 15 is 0 Å². The molecule has 0 aliphatic carbocycles. The molecule has 0 aliphatic rings. The molecule has 2 rings (SSSR count). The van der Waals surface area contributed by atoms with Crippen molar-refractivity contribution in [3.8, 4) is 0 Å². The van der Waals surface area contributed by atoms with Gasteiger partial charge in [-0.1, -0.05) is 13.0 Å². The van der Waals surface area contributed by atoms with Crippen LogP contribution in [0.5, 0.6) is 0 Å². The summed E-state index contributed by atoms with van der Waals surface area (Å²) in [7, 11) is 0. The van der Waals surface area contributed by atoms with Crippen molar-refractivity contribution in [3.63, 3.8) is 0 Å². The Morgan fingerprint density at radius 2 is 1.58 bits per heavy atom. The summed E-state index contributed by atoms with van der Waals surface area (Å²) in [4.78, 5) is 0. The Kier molecular flexibility index (Phi) is 8.47. The first-order valence-corrected chi connectivity index (χ1v) is 5.79. The molecule has 19 heavy (non-hydrogen) atoms. The van der Waals surface area contributed by atoms with Crippen LogP contribution in [-0.4, -0.2) is 40.7 Å². The fourth-order valence-corrected chi connectivity index (χ4v) is 1.46. The molecular formula is C14H20NO3Zr-. The van der Waals surface area contributed by atoms with Gasteiger partial charge in [-0.15, -0.1) is 34.5 Å². The third-order valence-corrected chi connectivity index (χ3v) is 2.84. The number of hydrogen-bond acceptors (Lipinski definition) is 4. The fraction of sp³-hybridized carbons (Fsp3) is 0.357. The molecule has 0 atom stereocenters. The Bertz CT molecular complexity index is 472. The molecule has 0 radical (unpaired) electrons. The summed E-state index contributed by atoms with van der Waals surface area (Å²) < 4.78 is 0. The molecule has 0 aliphatic heterocycles. The van der Waals surface area contributed by atoms with E-state index < -0.39 is 25.4 Å². The van der Waals surface area contributed by atoms with Gasteiger partial charge < -0.3 is 21.1 Å². The van der Waals surface area contributed by atoms with Gasteiger partial charge >= 0.3 is 0 Å². The quantitative estimate of drug-likeness (QED) is 0.613. The zero-order valence-corrected chi connectivity index (χ0v) is 13.5. The van der Waals surface area contributed by atoms with Crippen LogP contribution in [0.4, 0.5) is 0 Å². The molecule has 0 aromatic heterocycles. The van der Waals surface area contributed by atoms with Crippen LogP contribution in [-0.2, 0) is 26.2 Å². The summed E-state index contributed by atoms with van der Waals surface area (Å²) in [6, 6.07) is 12.8. The van der Waals surface area contributed by atoms with Crippen molar-refractivity contribution >= 4 is 10.8 Å². The number of aliphatic hydroxyl groups is 3.